The summed E-state index contributed by atoms with van der Waals surface area (Å²) in [5.74, 6) is -0.574. The van der Waals surface area contributed by atoms with E-state index < -0.39 is 36.5 Å². The fourth-order valence-electron chi connectivity index (χ4n) is 1.73. The minimum atomic E-state index is -2.87. The van der Waals surface area contributed by atoms with Crippen LogP contribution in [-0.4, -0.2) is 30.1 Å². The topological polar surface area (TPSA) is 67.4 Å². The van der Waals surface area contributed by atoms with Gasteiger partial charge in [0, 0.05) is 6.54 Å². The van der Waals surface area contributed by atoms with E-state index in [9.17, 15) is 18.4 Å². The van der Waals surface area contributed by atoms with Crippen LogP contribution in [0.15, 0.2) is 30.3 Å². The van der Waals surface area contributed by atoms with Crippen LogP contribution >= 0.6 is 0 Å². The van der Waals surface area contributed by atoms with Crippen molar-refractivity contribution in [3.8, 4) is 0 Å². The largest absolute Gasteiger partial charge is 0.444 e. The summed E-state index contributed by atoms with van der Waals surface area (Å²) in [6.45, 7) is 5.10. The molecule has 2 amide bonds. The van der Waals surface area contributed by atoms with Gasteiger partial charge in [0.2, 0.25) is 5.91 Å². The first-order chi connectivity index (χ1) is 10.7. The Morgan fingerprint density at radius 1 is 1.17 bits per heavy atom. The van der Waals surface area contributed by atoms with Gasteiger partial charge >= 0.3 is 6.09 Å². The average Bonchev–Trinajstić information content (AvgIpc) is 2.43. The molecule has 2 N–H and O–H groups in total. The zero-order valence-corrected chi connectivity index (χ0v) is 13.4. The van der Waals surface area contributed by atoms with Gasteiger partial charge in [-0.3, -0.25) is 4.79 Å². The zero-order chi connectivity index (χ0) is 17.5. The Morgan fingerprint density at radius 3 is 2.30 bits per heavy atom. The lowest BCUT2D eigenvalue weighted by molar-refractivity contribution is -0.122. The van der Waals surface area contributed by atoms with Gasteiger partial charge in [0.25, 0.3) is 6.43 Å². The normalized spacial score (nSPS) is 12.6. The Labute approximate surface area is 134 Å². The number of hydrogen-bond donors (Lipinski definition) is 2. The van der Waals surface area contributed by atoms with Gasteiger partial charge in [-0.05, 0) is 26.3 Å². The second kappa shape index (κ2) is 8.45. The summed E-state index contributed by atoms with van der Waals surface area (Å²) in [7, 11) is 0. The Balaban J connectivity index is 2.48. The number of carbonyl (C=O) groups excluding carboxylic acids is 2. The molecule has 0 aliphatic rings. The standard InChI is InChI=1S/C16H22F2N2O3/c1-16(2,3)23-15(22)20-12(14(17)18)9-13(21)19-10-11-7-5-4-6-8-11/h4-8,12,14H,9-10H2,1-3H3,(H,19,21)(H,20,22). The predicted molar refractivity (Wildman–Crippen MR) is 82.1 cm³/mol. The van der Waals surface area contributed by atoms with Crippen LogP contribution in [0.5, 0.6) is 0 Å². The number of rotatable bonds is 6. The molecule has 1 unspecified atom stereocenters. The molecule has 0 fully saturated rings. The summed E-state index contributed by atoms with van der Waals surface area (Å²) in [6, 6.07) is 7.48. The summed E-state index contributed by atoms with van der Waals surface area (Å²) in [4.78, 5) is 23.3. The van der Waals surface area contributed by atoms with Gasteiger partial charge in [-0.15, -0.1) is 0 Å². The molecule has 23 heavy (non-hydrogen) atoms. The second-order valence-corrected chi connectivity index (χ2v) is 6.05. The first-order valence-electron chi connectivity index (χ1n) is 7.25. The van der Waals surface area contributed by atoms with E-state index in [1.165, 1.54) is 0 Å². The fourth-order valence-corrected chi connectivity index (χ4v) is 1.73. The molecule has 1 rings (SSSR count). The van der Waals surface area contributed by atoms with Gasteiger partial charge in [0.05, 0.1) is 6.42 Å². The highest BCUT2D eigenvalue weighted by molar-refractivity contribution is 5.77. The number of carbonyl (C=O) groups is 2. The van der Waals surface area contributed by atoms with Crippen molar-refractivity contribution in [3.05, 3.63) is 35.9 Å². The molecule has 1 atom stereocenters. The highest BCUT2D eigenvalue weighted by Crippen LogP contribution is 2.10. The van der Waals surface area contributed by atoms with E-state index >= 15 is 0 Å². The molecule has 0 saturated carbocycles. The third-order valence-electron chi connectivity index (χ3n) is 2.74. The second-order valence-electron chi connectivity index (χ2n) is 6.05. The lowest BCUT2D eigenvalue weighted by Gasteiger charge is -2.23. The molecule has 1 aromatic carbocycles. The number of benzene rings is 1. The van der Waals surface area contributed by atoms with E-state index in [4.69, 9.17) is 4.74 Å². The number of ether oxygens (including phenoxy) is 1. The van der Waals surface area contributed by atoms with E-state index in [0.29, 0.717) is 0 Å². The van der Waals surface area contributed by atoms with Gasteiger partial charge < -0.3 is 15.4 Å². The molecule has 0 radical (unpaired) electrons. The lowest BCUT2D eigenvalue weighted by Crippen LogP contribution is -2.45. The summed E-state index contributed by atoms with van der Waals surface area (Å²) >= 11 is 0. The third kappa shape index (κ3) is 8.13. The van der Waals surface area contributed by atoms with Crippen molar-refractivity contribution in [2.24, 2.45) is 0 Å². The molecule has 0 saturated heterocycles. The summed E-state index contributed by atoms with van der Waals surface area (Å²) in [5, 5.41) is 4.57. The van der Waals surface area contributed by atoms with Crippen molar-refractivity contribution in [3.63, 3.8) is 0 Å². The van der Waals surface area contributed by atoms with Crippen molar-refractivity contribution >= 4 is 12.0 Å². The molecule has 5 nitrogen and oxygen atoms in total. The molecule has 0 aromatic heterocycles. The lowest BCUT2D eigenvalue weighted by atomic mass is 10.2. The average molecular weight is 328 g/mol. The Bertz CT molecular complexity index is 516. The smallest absolute Gasteiger partial charge is 0.408 e. The highest BCUT2D eigenvalue weighted by atomic mass is 19.3. The third-order valence-corrected chi connectivity index (χ3v) is 2.74. The first kappa shape index (κ1) is 18.9. The van der Waals surface area contributed by atoms with Gasteiger partial charge in [0.1, 0.15) is 11.6 Å². The van der Waals surface area contributed by atoms with Gasteiger partial charge in [-0.1, -0.05) is 30.3 Å². The summed E-state index contributed by atoms with van der Waals surface area (Å²) < 4.78 is 30.8. The molecular formula is C16H22F2N2O3. The van der Waals surface area contributed by atoms with E-state index in [-0.39, 0.29) is 6.54 Å². The van der Waals surface area contributed by atoms with Crippen LogP contribution in [0.3, 0.4) is 0 Å². The van der Waals surface area contributed by atoms with Crippen molar-refractivity contribution in [2.45, 2.75) is 51.8 Å². The van der Waals surface area contributed by atoms with Crippen molar-refractivity contribution in [1.29, 1.82) is 0 Å². The van der Waals surface area contributed by atoms with Crippen LogP contribution in [0.1, 0.15) is 32.8 Å². The number of hydrogen-bond acceptors (Lipinski definition) is 3. The Morgan fingerprint density at radius 2 is 1.78 bits per heavy atom. The Kier molecular flexibility index (Phi) is 6.93. The van der Waals surface area contributed by atoms with Crippen LogP contribution in [0.25, 0.3) is 0 Å². The SMILES string of the molecule is CC(C)(C)OC(=O)NC(CC(=O)NCc1ccccc1)C(F)F. The summed E-state index contributed by atoms with van der Waals surface area (Å²) in [6.07, 6.45) is -4.37. The number of amides is 2. The van der Waals surface area contributed by atoms with Crippen LogP contribution in [0.4, 0.5) is 13.6 Å². The highest BCUT2D eigenvalue weighted by Gasteiger charge is 2.27. The molecule has 128 valence electrons. The van der Waals surface area contributed by atoms with Crippen molar-refractivity contribution in [2.75, 3.05) is 0 Å². The maximum Gasteiger partial charge on any atom is 0.408 e. The predicted octanol–water partition coefficient (Wildman–Crippen LogP) is 2.85. The van der Waals surface area contributed by atoms with Crippen LogP contribution in [-0.2, 0) is 16.1 Å². The molecule has 1 aromatic rings. The minimum Gasteiger partial charge on any atom is -0.444 e. The van der Waals surface area contributed by atoms with E-state index in [0.717, 1.165) is 5.56 Å². The van der Waals surface area contributed by atoms with Crippen LogP contribution in [0, 0.1) is 0 Å². The zero-order valence-electron chi connectivity index (χ0n) is 13.4. The fraction of sp³-hybridized carbons (Fsp3) is 0.500. The molecule has 7 heteroatoms. The minimum absolute atomic E-state index is 0.238. The quantitative estimate of drug-likeness (QED) is 0.844. The Hall–Kier alpha value is -2.18. The number of halogens is 2. The number of nitrogens with one attached hydrogen (secondary N) is 2. The maximum absolute atomic E-state index is 13.0. The maximum atomic E-state index is 13.0. The first-order valence-corrected chi connectivity index (χ1v) is 7.25. The summed E-state index contributed by atoms with van der Waals surface area (Å²) in [5.41, 5.74) is 0.0568. The number of alkyl halides is 2. The van der Waals surface area contributed by atoms with E-state index in [2.05, 4.69) is 5.32 Å². The van der Waals surface area contributed by atoms with Gasteiger partial charge in [-0.2, -0.15) is 0 Å². The monoisotopic (exact) mass is 328 g/mol. The number of alkyl carbamates (subject to hydrolysis) is 1. The molecule has 0 aliphatic heterocycles. The van der Waals surface area contributed by atoms with Gasteiger partial charge in [-0.25, -0.2) is 13.6 Å². The van der Waals surface area contributed by atoms with Gasteiger partial charge in [0.15, 0.2) is 0 Å². The molecule has 0 bridgehead atoms. The van der Waals surface area contributed by atoms with E-state index in [1.54, 1.807) is 20.8 Å². The van der Waals surface area contributed by atoms with Crippen LogP contribution < -0.4 is 10.6 Å². The molecule has 0 heterocycles. The van der Waals surface area contributed by atoms with Crippen molar-refractivity contribution in [1.82, 2.24) is 10.6 Å². The molecule has 0 spiro atoms. The molecule has 0 aliphatic carbocycles. The molecular weight excluding hydrogens is 306 g/mol. The van der Waals surface area contributed by atoms with E-state index in [1.807, 2.05) is 35.6 Å². The van der Waals surface area contributed by atoms with Crippen LogP contribution in [0.2, 0.25) is 0 Å². The van der Waals surface area contributed by atoms with Crippen molar-refractivity contribution < 1.29 is 23.1 Å².